The largest absolute Gasteiger partial charge is 0.378 e. The van der Waals surface area contributed by atoms with Crippen LogP contribution in [-0.2, 0) is 11.2 Å². The molecule has 0 saturated carbocycles. The molecule has 0 bridgehead atoms. The molecule has 2 atom stereocenters. The van der Waals surface area contributed by atoms with E-state index in [4.69, 9.17) is 15.0 Å². The quantitative estimate of drug-likeness (QED) is 0.834. The molecule has 0 radical (unpaired) electrons. The van der Waals surface area contributed by atoms with Gasteiger partial charge in [-0.15, -0.1) is 0 Å². The van der Waals surface area contributed by atoms with E-state index < -0.39 is 0 Å². The van der Waals surface area contributed by atoms with Gasteiger partial charge in [0, 0.05) is 19.1 Å². The first kappa shape index (κ1) is 11.5. The molecule has 2 rings (SSSR count). The molecule has 0 aromatic carbocycles. The van der Waals surface area contributed by atoms with E-state index in [0.29, 0.717) is 18.3 Å². The molecule has 1 aromatic heterocycles. The summed E-state index contributed by atoms with van der Waals surface area (Å²) >= 11 is 0. The Morgan fingerprint density at radius 2 is 2.38 bits per heavy atom. The Balaban J connectivity index is 1.91. The van der Waals surface area contributed by atoms with Crippen LogP contribution in [0.1, 0.15) is 43.8 Å². The highest BCUT2D eigenvalue weighted by Gasteiger charge is 2.19. The van der Waals surface area contributed by atoms with E-state index in [0.717, 1.165) is 25.9 Å². The molecule has 0 aliphatic carbocycles. The maximum absolute atomic E-state index is 5.63. The molecule has 1 fully saturated rings. The Labute approximate surface area is 95.3 Å². The van der Waals surface area contributed by atoms with Gasteiger partial charge in [-0.25, -0.2) is 0 Å². The van der Waals surface area contributed by atoms with Crippen LogP contribution in [0.3, 0.4) is 0 Å². The molecule has 1 aliphatic rings. The highest BCUT2D eigenvalue weighted by atomic mass is 16.5. The number of nitrogens with two attached hydrogens (primary N) is 1. The zero-order valence-electron chi connectivity index (χ0n) is 9.69. The second kappa shape index (κ2) is 5.41. The molecule has 0 amide bonds. The minimum Gasteiger partial charge on any atom is -0.378 e. The van der Waals surface area contributed by atoms with Gasteiger partial charge in [-0.05, 0) is 19.3 Å². The molecule has 90 valence electrons. The first-order valence-corrected chi connectivity index (χ1v) is 5.93. The Morgan fingerprint density at radius 3 is 3.06 bits per heavy atom. The lowest BCUT2D eigenvalue weighted by atomic mass is 10.1. The molecule has 5 heteroatoms. The van der Waals surface area contributed by atoms with Crippen molar-refractivity contribution in [3.05, 3.63) is 11.7 Å². The third kappa shape index (κ3) is 2.80. The average Bonchev–Trinajstić information content (AvgIpc) is 2.78. The first-order chi connectivity index (χ1) is 7.79. The highest BCUT2D eigenvalue weighted by molar-refractivity contribution is 4.95. The predicted octanol–water partition coefficient (Wildman–Crippen LogP) is 1.24. The minimum absolute atomic E-state index is 0.157. The van der Waals surface area contributed by atoms with Crippen molar-refractivity contribution in [3.8, 4) is 0 Å². The summed E-state index contributed by atoms with van der Waals surface area (Å²) in [6.45, 7) is 3.38. The summed E-state index contributed by atoms with van der Waals surface area (Å²) in [7, 11) is 0. The number of aromatic nitrogens is 2. The van der Waals surface area contributed by atoms with Crippen molar-refractivity contribution in [3.63, 3.8) is 0 Å². The van der Waals surface area contributed by atoms with Gasteiger partial charge in [-0.3, -0.25) is 0 Å². The highest BCUT2D eigenvalue weighted by Crippen LogP contribution is 2.17. The normalized spacial score (nSPS) is 23.2. The Hall–Kier alpha value is -0.940. The van der Waals surface area contributed by atoms with E-state index >= 15 is 0 Å². The van der Waals surface area contributed by atoms with Crippen LogP contribution in [0, 0.1) is 0 Å². The number of hydrogen-bond acceptors (Lipinski definition) is 5. The van der Waals surface area contributed by atoms with Crippen LogP contribution in [-0.4, -0.2) is 29.4 Å². The Morgan fingerprint density at radius 1 is 1.50 bits per heavy atom. The van der Waals surface area contributed by atoms with Crippen LogP contribution in [0.5, 0.6) is 0 Å². The standard InChI is InChI=1S/C11H19N3O2/c1-8(7-12)11-13-10(16-14-11)6-9-4-2-3-5-15-9/h8-9H,2-7,12H2,1H3. The fourth-order valence-electron chi connectivity index (χ4n) is 1.82. The lowest BCUT2D eigenvalue weighted by molar-refractivity contribution is 0.0124. The summed E-state index contributed by atoms with van der Waals surface area (Å²) in [6.07, 6.45) is 4.45. The molecule has 5 nitrogen and oxygen atoms in total. The predicted molar refractivity (Wildman–Crippen MR) is 59.1 cm³/mol. The van der Waals surface area contributed by atoms with Crippen LogP contribution in [0.25, 0.3) is 0 Å². The molecule has 0 spiro atoms. The van der Waals surface area contributed by atoms with Gasteiger partial charge in [-0.2, -0.15) is 4.98 Å². The maximum atomic E-state index is 5.63. The molecule has 1 saturated heterocycles. The van der Waals surface area contributed by atoms with Crippen LogP contribution < -0.4 is 5.73 Å². The second-order valence-corrected chi connectivity index (χ2v) is 4.38. The van der Waals surface area contributed by atoms with Gasteiger partial charge in [0.15, 0.2) is 5.82 Å². The lowest BCUT2D eigenvalue weighted by Crippen LogP contribution is -2.21. The number of nitrogens with zero attached hydrogens (tertiary/aromatic N) is 2. The van der Waals surface area contributed by atoms with E-state index in [1.54, 1.807) is 0 Å². The van der Waals surface area contributed by atoms with Crippen LogP contribution in [0.4, 0.5) is 0 Å². The molecule has 1 aromatic rings. The van der Waals surface area contributed by atoms with E-state index in [2.05, 4.69) is 10.1 Å². The van der Waals surface area contributed by atoms with Gasteiger partial charge < -0.3 is 15.0 Å². The van der Waals surface area contributed by atoms with Crippen molar-refractivity contribution in [1.82, 2.24) is 10.1 Å². The third-order valence-corrected chi connectivity index (χ3v) is 2.95. The topological polar surface area (TPSA) is 74.2 Å². The van der Waals surface area contributed by atoms with Crippen molar-refractivity contribution in [2.45, 2.75) is 44.6 Å². The summed E-state index contributed by atoms with van der Waals surface area (Å²) in [5.74, 6) is 1.53. The van der Waals surface area contributed by atoms with Crippen molar-refractivity contribution in [2.24, 2.45) is 5.73 Å². The lowest BCUT2D eigenvalue weighted by Gasteiger charge is -2.20. The van der Waals surface area contributed by atoms with Gasteiger partial charge in [-0.1, -0.05) is 12.1 Å². The number of ether oxygens (including phenoxy) is 1. The zero-order valence-corrected chi connectivity index (χ0v) is 9.69. The zero-order chi connectivity index (χ0) is 11.4. The number of rotatable bonds is 4. The van der Waals surface area contributed by atoms with Gasteiger partial charge in [0.2, 0.25) is 5.89 Å². The van der Waals surface area contributed by atoms with Gasteiger partial charge in [0.05, 0.1) is 12.5 Å². The molecular weight excluding hydrogens is 206 g/mol. The summed E-state index contributed by atoms with van der Waals surface area (Å²) in [4.78, 5) is 4.34. The summed E-state index contributed by atoms with van der Waals surface area (Å²) in [6, 6.07) is 0. The van der Waals surface area contributed by atoms with Crippen molar-refractivity contribution >= 4 is 0 Å². The average molecular weight is 225 g/mol. The van der Waals surface area contributed by atoms with Gasteiger partial charge in [0.1, 0.15) is 0 Å². The van der Waals surface area contributed by atoms with E-state index in [9.17, 15) is 0 Å². The Bertz CT molecular complexity index is 321. The van der Waals surface area contributed by atoms with E-state index in [1.165, 1.54) is 6.42 Å². The number of hydrogen-bond donors (Lipinski definition) is 1. The molecule has 16 heavy (non-hydrogen) atoms. The van der Waals surface area contributed by atoms with Crippen LogP contribution >= 0.6 is 0 Å². The summed E-state index contributed by atoms with van der Waals surface area (Å²) < 4.78 is 10.8. The van der Waals surface area contributed by atoms with Gasteiger partial charge >= 0.3 is 0 Å². The molecule has 2 heterocycles. The summed E-state index contributed by atoms with van der Waals surface area (Å²) in [5, 5.41) is 3.93. The molecule has 2 unspecified atom stereocenters. The monoisotopic (exact) mass is 225 g/mol. The van der Waals surface area contributed by atoms with E-state index in [1.807, 2.05) is 6.92 Å². The third-order valence-electron chi connectivity index (χ3n) is 2.95. The second-order valence-electron chi connectivity index (χ2n) is 4.38. The summed E-state index contributed by atoms with van der Waals surface area (Å²) in [5.41, 5.74) is 5.55. The minimum atomic E-state index is 0.157. The van der Waals surface area contributed by atoms with Crippen LogP contribution in [0.2, 0.25) is 0 Å². The smallest absolute Gasteiger partial charge is 0.229 e. The fraction of sp³-hybridized carbons (Fsp3) is 0.818. The molecular formula is C11H19N3O2. The van der Waals surface area contributed by atoms with Crippen molar-refractivity contribution in [1.29, 1.82) is 0 Å². The first-order valence-electron chi connectivity index (χ1n) is 5.93. The SMILES string of the molecule is CC(CN)c1noc(CC2CCCCO2)n1. The maximum Gasteiger partial charge on any atom is 0.229 e. The Kier molecular flexibility index (Phi) is 3.90. The fourth-order valence-corrected chi connectivity index (χ4v) is 1.82. The van der Waals surface area contributed by atoms with Crippen molar-refractivity contribution < 1.29 is 9.26 Å². The molecule has 2 N–H and O–H groups in total. The van der Waals surface area contributed by atoms with Crippen LogP contribution in [0.15, 0.2) is 4.52 Å². The molecule has 1 aliphatic heterocycles. The van der Waals surface area contributed by atoms with Crippen molar-refractivity contribution in [2.75, 3.05) is 13.2 Å². The van der Waals surface area contributed by atoms with Gasteiger partial charge in [0.25, 0.3) is 0 Å². The van der Waals surface area contributed by atoms with E-state index in [-0.39, 0.29) is 12.0 Å².